The van der Waals surface area contributed by atoms with E-state index in [1.807, 2.05) is 36.7 Å². The van der Waals surface area contributed by atoms with Crippen LogP contribution in [0.3, 0.4) is 0 Å². The molecule has 0 aliphatic carbocycles. The Bertz CT molecular complexity index is 606. The SMILES string of the molecule is CCCn1nc(C)cc1C(=NC(C)c1ccncc1)ON. The van der Waals surface area contributed by atoms with Gasteiger partial charge in [0.05, 0.1) is 11.7 Å². The lowest BCUT2D eigenvalue weighted by Gasteiger charge is -2.11. The maximum absolute atomic E-state index is 5.42. The van der Waals surface area contributed by atoms with E-state index >= 15 is 0 Å². The van der Waals surface area contributed by atoms with E-state index < -0.39 is 0 Å². The average Bonchev–Trinajstić information content (AvgIpc) is 2.86. The smallest absolute Gasteiger partial charge is 0.259 e. The summed E-state index contributed by atoms with van der Waals surface area (Å²) >= 11 is 0. The van der Waals surface area contributed by atoms with E-state index in [4.69, 9.17) is 10.7 Å². The van der Waals surface area contributed by atoms with Crippen molar-refractivity contribution < 1.29 is 4.84 Å². The van der Waals surface area contributed by atoms with E-state index in [1.165, 1.54) is 0 Å². The van der Waals surface area contributed by atoms with Gasteiger partial charge in [0.1, 0.15) is 5.69 Å². The second-order valence-corrected chi connectivity index (χ2v) is 4.90. The van der Waals surface area contributed by atoms with Crippen molar-refractivity contribution in [1.82, 2.24) is 14.8 Å². The third kappa shape index (κ3) is 3.66. The largest absolute Gasteiger partial charge is 0.389 e. The van der Waals surface area contributed by atoms with Crippen LogP contribution in [0.15, 0.2) is 35.6 Å². The number of aromatic nitrogens is 3. The number of rotatable bonds is 5. The van der Waals surface area contributed by atoms with E-state index in [-0.39, 0.29) is 6.04 Å². The Hall–Kier alpha value is -2.21. The summed E-state index contributed by atoms with van der Waals surface area (Å²) in [5.74, 6) is 5.82. The molecule has 1 unspecified atom stereocenters. The summed E-state index contributed by atoms with van der Waals surface area (Å²) < 4.78 is 1.88. The fraction of sp³-hybridized carbons (Fsp3) is 0.400. The lowest BCUT2D eigenvalue weighted by molar-refractivity contribution is 0.315. The van der Waals surface area contributed by atoms with Crippen molar-refractivity contribution in [2.45, 2.75) is 39.8 Å². The lowest BCUT2D eigenvalue weighted by Crippen LogP contribution is -2.18. The Balaban J connectivity index is 2.33. The Morgan fingerprint density at radius 1 is 1.43 bits per heavy atom. The fourth-order valence-electron chi connectivity index (χ4n) is 2.15. The average molecular weight is 287 g/mol. The summed E-state index contributed by atoms with van der Waals surface area (Å²) in [6.07, 6.45) is 4.47. The zero-order valence-electron chi connectivity index (χ0n) is 12.7. The Morgan fingerprint density at radius 2 is 2.14 bits per heavy atom. The molecule has 0 saturated carbocycles. The van der Waals surface area contributed by atoms with E-state index in [0.29, 0.717) is 5.90 Å². The highest BCUT2D eigenvalue weighted by Crippen LogP contribution is 2.17. The number of hydrogen-bond acceptors (Lipinski definition) is 5. The van der Waals surface area contributed by atoms with Crippen LogP contribution in [0.4, 0.5) is 0 Å². The molecule has 1 atom stereocenters. The molecule has 0 aromatic carbocycles. The van der Waals surface area contributed by atoms with Gasteiger partial charge in [-0.05, 0) is 44.0 Å². The summed E-state index contributed by atoms with van der Waals surface area (Å²) in [4.78, 5) is 13.6. The molecule has 2 heterocycles. The molecule has 2 N–H and O–H groups in total. The van der Waals surface area contributed by atoms with Crippen molar-refractivity contribution in [3.8, 4) is 0 Å². The minimum atomic E-state index is -0.0724. The molecule has 0 spiro atoms. The molecule has 0 saturated heterocycles. The first kappa shape index (κ1) is 15.2. The predicted octanol–water partition coefficient (Wildman–Crippen LogP) is 2.39. The molecule has 2 aromatic rings. The number of nitrogens with zero attached hydrogens (tertiary/aromatic N) is 4. The molecule has 0 aliphatic rings. The summed E-state index contributed by atoms with van der Waals surface area (Å²) in [5.41, 5.74) is 2.77. The molecular formula is C15H21N5O. The molecule has 0 amide bonds. The Labute approximate surface area is 124 Å². The fourth-order valence-corrected chi connectivity index (χ4v) is 2.15. The second kappa shape index (κ2) is 6.99. The number of nitrogens with two attached hydrogens (primary N) is 1. The second-order valence-electron chi connectivity index (χ2n) is 4.90. The van der Waals surface area contributed by atoms with E-state index in [2.05, 4.69) is 22.0 Å². The van der Waals surface area contributed by atoms with Crippen LogP contribution in [0.1, 0.15) is 43.3 Å². The molecule has 2 aromatic heterocycles. The molecule has 2 rings (SSSR count). The van der Waals surface area contributed by atoms with Crippen LogP contribution in [0.2, 0.25) is 0 Å². The van der Waals surface area contributed by atoms with Crippen molar-refractivity contribution in [2.75, 3.05) is 0 Å². The standard InChI is InChI=1S/C15H21N5O/c1-4-9-20-14(10-11(2)19-20)15(21-16)18-12(3)13-5-7-17-8-6-13/h5-8,10,12H,4,9,16H2,1-3H3. The van der Waals surface area contributed by atoms with Crippen molar-refractivity contribution in [3.05, 3.63) is 47.5 Å². The van der Waals surface area contributed by atoms with Gasteiger partial charge in [-0.15, -0.1) is 0 Å². The maximum atomic E-state index is 5.42. The molecule has 6 nitrogen and oxygen atoms in total. The highest BCUT2D eigenvalue weighted by Gasteiger charge is 2.15. The monoisotopic (exact) mass is 287 g/mol. The zero-order valence-corrected chi connectivity index (χ0v) is 12.7. The number of hydrogen-bond donors (Lipinski definition) is 1. The van der Waals surface area contributed by atoms with Crippen LogP contribution in [0, 0.1) is 6.92 Å². The van der Waals surface area contributed by atoms with Crippen LogP contribution in [-0.4, -0.2) is 20.7 Å². The Morgan fingerprint density at radius 3 is 2.76 bits per heavy atom. The molecule has 112 valence electrons. The molecule has 0 fully saturated rings. The first-order valence-corrected chi connectivity index (χ1v) is 7.05. The van der Waals surface area contributed by atoms with Gasteiger partial charge in [0.2, 0.25) is 0 Å². The minimum absolute atomic E-state index is 0.0724. The van der Waals surface area contributed by atoms with Gasteiger partial charge in [-0.25, -0.2) is 4.99 Å². The zero-order chi connectivity index (χ0) is 15.2. The van der Waals surface area contributed by atoms with Crippen LogP contribution in [0.25, 0.3) is 0 Å². The van der Waals surface area contributed by atoms with E-state index in [0.717, 1.165) is 29.9 Å². The molecule has 0 aliphatic heterocycles. The third-order valence-electron chi connectivity index (χ3n) is 3.17. The van der Waals surface area contributed by atoms with Crippen LogP contribution < -0.4 is 5.90 Å². The van der Waals surface area contributed by atoms with Gasteiger partial charge in [0, 0.05) is 18.9 Å². The molecule has 0 bridgehead atoms. The van der Waals surface area contributed by atoms with Crippen molar-refractivity contribution in [1.29, 1.82) is 0 Å². The highest BCUT2D eigenvalue weighted by molar-refractivity contribution is 5.92. The van der Waals surface area contributed by atoms with Crippen molar-refractivity contribution in [3.63, 3.8) is 0 Å². The predicted molar refractivity (Wildman–Crippen MR) is 81.7 cm³/mol. The summed E-state index contributed by atoms with van der Waals surface area (Å²) in [6, 6.07) is 5.71. The minimum Gasteiger partial charge on any atom is -0.389 e. The van der Waals surface area contributed by atoms with Crippen molar-refractivity contribution >= 4 is 5.90 Å². The molecule has 6 heteroatoms. The van der Waals surface area contributed by atoms with E-state index in [1.54, 1.807) is 12.4 Å². The van der Waals surface area contributed by atoms with Crippen LogP contribution in [0.5, 0.6) is 0 Å². The summed E-state index contributed by atoms with van der Waals surface area (Å²) in [6.45, 7) is 6.83. The molecule has 0 radical (unpaired) electrons. The molecule has 21 heavy (non-hydrogen) atoms. The van der Waals surface area contributed by atoms with Crippen molar-refractivity contribution in [2.24, 2.45) is 10.9 Å². The van der Waals surface area contributed by atoms with Gasteiger partial charge in [0.25, 0.3) is 5.90 Å². The van der Waals surface area contributed by atoms with Gasteiger partial charge in [-0.2, -0.15) is 11.0 Å². The van der Waals surface area contributed by atoms with Gasteiger partial charge >= 0.3 is 0 Å². The first-order valence-electron chi connectivity index (χ1n) is 7.05. The quantitative estimate of drug-likeness (QED) is 0.520. The summed E-state index contributed by atoms with van der Waals surface area (Å²) in [5, 5.41) is 4.44. The van der Waals surface area contributed by atoms with Gasteiger partial charge in [-0.1, -0.05) is 6.92 Å². The third-order valence-corrected chi connectivity index (χ3v) is 3.17. The Kier molecular flexibility index (Phi) is 5.05. The van der Waals surface area contributed by atoms with Gasteiger partial charge in [0.15, 0.2) is 0 Å². The normalized spacial score (nSPS) is 13.2. The number of pyridine rings is 1. The lowest BCUT2D eigenvalue weighted by atomic mass is 10.1. The summed E-state index contributed by atoms with van der Waals surface area (Å²) in [7, 11) is 0. The molecular weight excluding hydrogens is 266 g/mol. The van der Waals surface area contributed by atoms with Gasteiger partial charge < -0.3 is 4.84 Å². The topological polar surface area (TPSA) is 78.3 Å². The highest BCUT2D eigenvalue weighted by atomic mass is 16.6. The van der Waals surface area contributed by atoms with Gasteiger partial charge in [-0.3, -0.25) is 9.67 Å². The number of aliphatic imine (C=N–C) groups is 1. The maximum Gasteiger partial charge on any atom is 0.259 e. The van der Waals surface area contributed by atoms with Crippen LogP contribution >= 0.6 is 0 Å². The van der Waals surface area contributed by atoms with Crippen LogP contribution in [-0.2, 0) is 11.4 Å². The van der Waals surface area contributed by atoms with E-state index in [9.17, 15) is 0 Å². The number of aryl methyl sites for hydroxylation is 2. The first-order chi connectivity index (χ1) is 10.2.